The Bertz CT molecular complexity index is 8370. The van der Waals surface area contributed by atoms with Crippen LogP contribution in [0.4, 0.5) is 0 Å². The Labute approximate surface area is 793 Å². The number of benzene rings is 15. The molecular weight excluding hydrogens is 1680 g/mol. The van der Waals surface area contributed by atoms with Crippen LogP contribution >= 0.6 is 0 Å². The summed E-state index contributed by atoms with van der Waals surface area (Å²) in [5, 5.41) is 21.0. The van der Waals surface area contributed by atoms with Crippen molar-refractivity contribution in [3.05, 3.63) is 475 Å². The summed E-state index contributed by atoms with van der Waals surface area (Å²) in [5.41, 5.74) is 31.2. The number of rotatable bonds is 12. The van der Waals surface area contributed by atoms with E-state index in [-0.39, 0.29) is 0 Å². The van der Waals surface area contributed by atoms with E-state index in [2.05, 4.69) is 362 Å². The van der Waals surface area contributed by atoms with Gasteiger partial charge in [0.25, 0.3) is 0 Å². The Balaban J connectivity index is 0.000000110. The molecule has 12 heteroatoms. The van der Waals surface area contributed by atoms with Crippen LogP contribution in [0.3, 0.4) is 0 Å². The molecule has 0 aliphatic carbocycles. The van der Waals surface area contributed by atoms with Crippen LogP contribution in [0.15, 0.2) is 475 Å². The van der Waals surface area contributed by atoms with Crippen molar-refractivity contribution in [3.8, 4) is 134 Å². The molecule has 0 aliphatic heterocycles. The van der Waals surface area contributed by atoms with Crippen LogP contribution in [0.2, 0.25) is 0 Å². The van der Waals surface area contributed by atoms with Crippen LogP contribution < -0.4 is 0 Å². The van der Waals surface area contributed by atoms with Gasteiger partial charge in [-0.1, -0.05) is 224 Å². The molecule has 12 nitrogen and oxygen atoms in total. The van der Waals surface area contributed by atoms with E-state index in [1.54, 1.807) is 0 Å². The van der Waals surface area contributed by atoms with Crippen molar-refractivity contribution in [1.29, 1.82) is 0 Å². The summed E-state index contributed by atoms with van der Waals surface area (Å²) in [6, 6.07) is 142. The molecule has 138 heavy (non-hydrogen) atoms. The average Bonchev–Trinajstić information content (AvgIpc) is 0.733. The van der Waals surface area contributed by atoms with E-state index >= 15 is 0 Å². The fourth-order valence-corrected chi connectivity index (χ4v) is 19.8. The lowest BCUT2D eigenvalue weighted by molar-refractivity contribution is 1.31. The van der Waals surface area contributed by atoms with E-state index in [0.29, 0.717) is 0 Å². The Hall–Kier alpha value is -18.8. The lowest BCUT2D eigenvalue weighted by Gasteiger charge is -2.15. The standard InChI is InChI=1S/3C42H26N4/c1-2-12-39-34(8-1)41-35(19-17-28-18-20-38-33(40(28)41)9-7-23-45-38)42(46-39)29-15-13-27(14-16-29)30-24-31(36-10-3-5-21-43-36)26-32(25-30)37-11-4-6-22-44-37;1-2-10-33-29(9-1)26-45-39-20-19-35-40(41(33)39)34-11-3-4-14-38(34)46-42(35)28-17-15-27(16-18-28)30-23-31(36-12-5-7-21-43-36)25-32(24-30)37-13-6-8-22-44-37;1-2-6-35-31(5-1)26-45-39-14-13-37-40(41(35)39)36-7-3-4-8-38(36)46-42(37)30-11-9-27(10-12-30)32-23-33(28-15-19-43-20-16-28)25-34(24-32)29-17-21-44-22-18-29/h3*1-26H. The summed E-state index contributed by atoms with van der Waals surface area (Å²) in [6.45, 7) is 0. The van der Waals surface area contributed by atoms with Crippen molar-refractivity contribution in [2.45, 2.75) is 0 Å². The van der Waals surface area contributed by atoms with Gasteiger partial charge in [0, 0.05) is 183 Å². The maximum atomic E-state index is 5.24. The third-order valence-corrected chi connectivity index (χ3v) is 26.4. The molecular formula is C126H78N12. The van der Waals surface area contributed by atoms with Gasteiger partial charge in [-0.15, -0.1) is 0 Å². The molecule has 642 valence electrons. The van der Waals surface area contributed by atoms with Gasteiger partial charge in [-0.2, -0.15) is 0 Å². The Morgan fingerprint density at radius 2 is 0.406 bits per heavy atom. The quantitative estimate of drug-likeness (QED) is 0.107. The first-order chi connectivity index (χ1) is 68.4. The second-order valence-corrected chi connectivity index (χ2v) is 34.6. The summed E-state index contributed by atoms with van der Waals surface area (Å²) >= 11 is 0. The minimum Gasteiger partial charge on any atom is -0.265 e. The third kappa shape index (κ3) is 15.2. The Morgan fingerprint density at radius 1 is 0.130 bits per heavy atom. The highest BCUT2D eigenvalue weighted by atomic mass is 14.7. The first-order valence-corrected chi connectivity index (χ1v) is 46.1. The van der Waals surface area contributed by atoms with Crippen LogP contribution in [0.1, 0.15) is 0 Å². The van der Waals surface area contributed by atoms with E-state index in [1.165, 1.54) is 48.5 Å². The lowest BCUT2D eigenvalue weighted by Crippen LogP contribution is -1.93. The fourth-order valence-electron chi connectivity index (χ4n) is 19.8. The first kappa shape index (κ1) is 81.2. The van der Waals surface area contributed by atoms with Crippen molar-refractivity contribution in [2.75, 3.05) is 0 Å². The highest BCUT2D eigenvalue weighted by Gasteiger charge is 2.23. The molecule has 0 atom stereocenters. The number of nitrogens with zero attached hydrogens (tertiary/aromatic N) is 12. The molecule has 0 fully saturated rings. The van der Waals surface area contributed by atoms with E-state index in [1.807, 2.05) is 147 Å². The van der Waals surface area contributed by atoms with Crippen LogP contribution in [0.25, 0.3) is 264 Å². The van der Waals surface area contributed by atoms with Gasteiger partial charge in [0.2, 0.25) is 0 Å². The molecule has 0 amide bonds. The van der Waals surface area contributed by atoms with Gasteiger partial charge in [0.15, 0.2) is 0 Å². The number of fused-ring (bicyclic) bond motifs is 21. The highest BCUT2D eigenvalue weighted by molar-refractivity contribution is 6.31. The molecule has 27 aromatic rings. The number of hydrogen-bond donors (Lipinski definition) is 0. The zero-order valence-electron chi connectivity index (χ0n) is 74.4. The molecule has 0 radical (unpaired) electrons. The van der Waals surface area contributed by atoms with Gasteiger partial charge in [-0.25, -0.2) is 15.0 Å². The Morgan fingerprint density at radius 3 is 0.775 bits per heavy atom. The second kappa shape index (κ2) is 35.1. The number of para-hydroxylation sites is 3. The molecule has 0 bridgehead atoms. The molecule has 12 aromatic heterocycles. The number of hydrogen-bond acceptors (Lipinski definition) is 12. The molecule has 0 N–H and O–H groups in total. The van der Waals surface area contributed by atoms with Gasteiger partial charge < -0.3 is 0 Å². The van der Waals surface area contributed by atoms with E-state index < -0.39 is 0 Å². The monoisotopic (exact) mass is 1760 g/mol. The van der Waals surface area contributed by atoms with Crippen LogP contribution in [-0.2, 0) is 0 Å². The molecule has 0 spiro atoms. The summed E-state index contributed by atoms with van der Waals surface area (Å²) in [5.74, 6) is 0. The van der Waals surface area contributed by atoms with Gasteiger partial charge >= 0.3 is 0 Å². The highest BCUT2D eigenvalue weighted by Crippen LogP contribution is 2.47. The Kier molecular flexibility index (Phi) is 20.6. The minimum atomic E-state index is 0.930. The van der Waals surface area contributed by atoms with E-state index in [0.717, 1.165) is 216 Å². The SMILES string of the molecule is c1ccc(-c2cc(-c3ccc(-c4nc5ccccc5c5c4ccc4ccc6ncccc6c45)cc3)cc(-c3ccccn3)c2)nc1.c1ccc(-c2cc(-c3ccc(-c4nc5ccccc5c5c4ccc4ncc6ccccc6c45)cc3)cc(-c3ccccn3)c2)nc1.c1ccc2c(c1)cnc1ccc3c(-c4ccc(-c5cc(-c6ccncc6)cc(-c6ccncc6)c5)cc4)nc4ccccc4c3c12. The van der Waals surface area contributed by atoms with Gasteiger partial charge in [0.05, 0.1) is 73.0 Å². The average molecular weight is 1760 g/mol. The molecule has 27 rings (SSSR count). The zero-order valence-corrected chi connectivity index (χ0v) is 74.4. The molecule has 0 saturated carbocycles. The fraction of sp³-hybridized carbons (Fsp3) is 0. The first-order valence-electron chi connectivity index (χ1n) is 46.1. The second-order valence-electron chi connectivity index (χ2n) is 34.6. The largest absolute Gasteiger partial charge is 0.265 e. The van der Waals surface area contributed by atoms with E-state index in [4.69, 9.17) is 24.9 Å². The predicted molar refractivity (Wildman–Crippen MR) is 568 cm³/mol. The topological polar surface area (TPSA) is 155 Å². The maximum Gasteiger partial charge on any atom is 0.0788 e. The lowest BCUT2D eigenvalue weighted by atomic mass is 9.92. The molecule has 0 aliphatic rings. The van der Waals surface area contributed by atoms with Crippen LogP contribution in [0.5, 0.6) is 0 Å². The maximum absolute atomic E-state index is 5.24. The molecule has 0 saturated heterocycles. The molecule has 15 aromatic carbocycles. The van der Waals surface area contributed by atoms with Gasteiger partial charge in [-0.3, -0.25) is 44.9 Å². The molecule has 12 heterocycles. The van der Waals surface area contributed by atoms with Crippen molar-refractivity contribution >= 4 is 130 Å². The number of aromatic nitrogens is 12. The summed E-state index contributed by atoms with van der Waals surface area (Å²) in [6.07, 6.45) is 20.5. The summed E-state index contributed by atoms with van der Waals surface area (Å²) in [4.78, 5) is 57.0. The number of pyridine rings is 12. The third-order valence-electron chi connectivity index (χ3n) is 26.4. The van der Waals surface area contributed by atoms with E-state index in [9.17, 15) is 0 Å². The summed E-state index contributed by atoms with van der Waals surface area (Å²) in [7, 11) is 0. The van der Waals surface area contributed by atoms with Crippen molar-refractivity contribution in [2.24, 2.45) is 0 Å². The van der Waals surface area contributed by atoms with Crippen LogP contribution in [-0.4, -0.2) is 59.8 Å². The zero-order chi connectivity index (χ0) is 91.4. The summed E-state index contributed by atoms with van der Waals surface area (Å²) < 4.78 is 0. The smallest absolute Gasteiger partial charge is 0.0788 e. The molecule has 0 unspecified atom stereocenters. The van der Waals surface area contributed by atoms with Crippen molar-refractivity contribution in [1.82, 2.24) is 59.8 Å². The van der Waals surface area contributed by atoms with Gasteiger partial charge in [-0.05, 0) is 259 Å². The van der Waals surface area contributed by atoms with Crippen molar-refractivity contribution in [3.63, 3.8) is 0 Å². The van der Waals surface area contributed by atoms with Crippen molar-refractivity contribution < 1.29 is 0 Å². The normalized spacial score (nSPS) is 11.5. The predicted octanol–water partition coefficient (Wildman–Crippen LogP) is 31.6. The van der Waals surface area contributed by atoms with Gasteiger partial charge in [0.1, 0.15) is 0 Å². The van der Waals surface area contributed by atoms with Crippen LogP contribution in [0, 0.1) is 0 Å². The minimum absolute atomic E-state index is 0.930.